The van der Waals surface area contributed by atoms with E-state index in [0.29, 0.717) is 200 Å². The zero-order valence-electron chi connectivity index (χ0n) is 80.1. The van der Waals surface area contributed by atoms with Crippen molar-refractivity contribution in [1.29, 1.82) is 0 Å². The fraction of sp³-hybridized carbons (Fsp3) is 0.463. The number of anilines is 5. The minimum absolute atomic E-state index is 0.00324. The number of aliphatic hydroxyl groups is 1. The monoisotopic (exact) mass is 1930 g/mol. The van der Waals surface area contributed by atoms with Crippen molar-refractivity contribution in [1.82, 2.24) is 73.9 Å². The first-order valence-electron chi connectivity index (χ1n) is 45.7. The van der Waals surface area contributed by atoms with E-state index in [2.05, 4.69) is 73.1 Å². The Bertz CT molecular complexity index is 5750. The first kappa shape index (κ1) is 108. The smallest absolute Gasteiger partial charge is 0.291 e. The molecule has 0 atom stereocenters. The lowest BCUT2D eigenvalue weighted by Gasteiger charge is -2.22. The van der Waals surface area contributed by atoms with Crippen molar-refractivity contribution in [2.45, 2.75) is 78.4 Å². The number of aromatic nitrogens is 10. The SMILES string of the molecule is COCCOCCOCCOCCNCCCCCn1cc(NC(=O)c2nc(NC(=O)CCNC(=O)c3cc(NC(=O)c4nccn4C)cn3C)cn2C)cc1C(=O)NCCC(=O)Nc1cn(C)c(C(=O)NCCC(=O)NCCOCCOCCOCCOCCOCCOCCOc2ccc(NC(=O)c3cc4c(-c5cc(C(C)(C)O)ccc5Oc5c(C)cc(F)cc5C)cn(C)c(=O)c4[nH]3)cc2)n1. The number of carbonyl (C=O) groups is 9. The minimum atomic E-state index is -1.23. The van der Waals surface area contributed by atoms with Gasteiger partial charge in [0.05, 0.1) is 143 Å². The minimum Gasteiger partial charge on any atom is -0.491 e. The number of carbonyl (C=O) groups excluding carboxylic acids is 9. The number of methoxy groups -OCH3 is 1. The van der Waals surface area contributed by atoms with Gasteiger partial charge in [0.2, 0.25) is 29.4 Å². The molecule has 10 aromatic rings. The molecule has 12 N–H and O–H groups in total. The van der Waals surface area contributed by atoms with Gasteiger partial charge in [0.15, 0.2) is 17.5 Å². The lowest BCUT2D eigenvalue weighted by atomic mass is 9.93. The van der Waals surface area contributed by atoms with Gasteiger partial charge in [0, 0.05) is 166 Å². The number of ether oxygens (including phenoxy) is 12. The Labute approximate surface area is 803 Å². The maximum Gasteiger partial charge on any atom is 0.291 e. The van der Waals surface area contributed by atoms with Crippen LogP contribution in [0.4, 0.5) is 33.1 Å². The van der Waals surface area contributed by atoms with E-state index in [4.69, 9.17) is 56.8 Å². The molecule has 0 unspecified atom stereocenters. The van der Waals surface area contributed by atoms with Crippen LogP contribution in [0, 0.1) is 19.7 Å². The number of hydrogen-bond acceptors (Lipinski definition) is 27. The van der Waals surface area contributed by atoms with E-state index in [9.17, 15) is 57.4 Å². The first-order valence-corrected chi connectivity index (χ1v) is 45.7. The van der Waals surface area contributed by atoms with Gasteiger partial charge in [-0.05, 0) is 131 Å². The molecular weight excluding hydrogens is 1810 g/mol. The molecule has 3 aromatic carbocycles. The molecule has 9 amide bonds. The summed E-state index contributed by atoms with van der Waals surface area (Å²) in [4.78, 5) is 148. The zero-order valence-corrected chi connectivity index (χ0v) is 80.1. The molecule has 0 saturated heterocycles. The second kappa shape index (κ2) is 55.9. The molecule has 0 spiro atoms. The highest BCUT2D eigenvalue weighted by Crippen LogP contribution is 2.41. The van der Waals surface area contributed by atoms with Crippen molar-refractivity contribution in [2.24, 2.45) is 35.2 Å². The van der Waals surface area contributed by atoms with Crippen LogP contribution in [0.1, 0.15) is 132 Å². The number of fused-ring (bicyclic) bond motifs is 1. The number of H-pyrrole nitrogens is 1. The number of imidazole rings is 3. The summed E-state index contributed by atoms with van der Waals surface area (Å²) in [6.07, 6.45) is 12.8. The van der Waals surface area contributed by atoms with Crippen LogP contribution in [0.15, 0.2) is 121 Å². The predicted octanol–water partition coefficient (Wildman–Crippen LogP) is 6.79. The van der Waals surface area contributed by atoms with Crippen molar-refractivity contribution in [3.63, 3.8) is 0 Å². The second-order valence-electron chi connectivity index (χ2n) is 32.7. The number of pyridine rings is 1. The maximum atomic E-state index is 14.3. The van der Waals surface area contributed by atoms with Gasteiger partial charge >= 0.3 is 0 Å². The van der Waals surface area contributed by atoms with Gasteiger partial charge in [-0.2, -0.15) is 0 Å². The van der Waals surface area contributed by atoms with Gasteiger partial charge in [-0.15, -0.1) is 0 Å². The number of rotatable bonds is 64. The number of aromatic amines is 1. The summed E-state index contributed by atoms with van der Waals surface area (Å²) in [5.41, 5.74) is 3.13. The average Bonchev–Trinajstić information content (AvgIpc) is 1.66. The number of nitrogens with zero attached hydrogens (tertiary/aromatic N) is 9. The number of unbranched alkanes of at least 4 members (excludes halogenated alkanes) is 2. The molecule has 7 aromatic heterocycles. The van der Waals surface area contributed by atoms with E-state index in [-0.39, 0.29) is 128 Å². The molecule has 7 heterocycles. The Hall–Kier alpha value is -13.4. The molecule has 10 rings (SSSR count). The quantitative estimate of drug-likeness (QED) is 0.0174. The van der Waals surface area contributed by atoms with E-state index in [0.717, 1.165) is 19.4 Å². The molecule has 139 heavy (non-hydrogen) atoms. The highest BCUT2D eigenvalue weighted by atomic mass is 19.1. The molecule has 0 saturated carbocycles. The van der Waals surface area contributed by atoms with E-state index < -0.39 is 58.7 Å². The van der Waals surface area contributed by atoms with Crippen molar-refractivity contribution in [3.8, 4) is 28.4 Å². The van der Waals surface area contributed by atoms with Crippen LogP contribution in [-0.4, -0.2) is 284 Å². The highest BCUT2D eigenvalue weighted by Gasteiger charge is 2.27. The molecule has 752 valence electrons. The number of hydrogen-bond donors (Lipinski definition) is 12. The molecule has 0 radical (unpaired) electrons. The molecule has 0 aliphatic heterocycles. The summed E-state index contributed by atoms with van der Waals surface area (Å²) in [5, 5.41) is 39.4. The Morgan fingerprint density at radius 1 is 0.446 bits per heavy atom. The summed E-state index contributed by atoms with van der Waals surface area (Å²) in [6, 6.07) is 19.4. The van der Waals surface area contributed by atoms with Gasteiger partial charge in [0.1, 0.15) is 52.3 Å². The topological polar surface area (TPSA) is 506 Å². The lowest BCUT2D eigenvalue weighted by molar-refractivity contribution is -0.121. The molecule has 0 fully saturated rings. The second-order valence-corrected chi connectivity index (χ2v) is 32.7. The van der Waals surface area contributed by atoms with E-state index in [1.54, 1.807) is 152 Å². The van der Waals surface area contributed by atoms with E-state index >= 15 is 0 Å². The summed E-state index contributed by atoms with van der Waals surface area (Å²) >= 11 is 0. The number of nitrogens with one attached hydrogen (secondary N) is 11. The van der Waals surface area contributed by atoms with Crippen LogP contribution in [0.2, 0.25) is 0 Å². The van der Waals surface area contributed by atoms with Crippen molar-refractivity contribution >= 4 is 92.8 Å². The predicted molar refractivity (Wildman–Crippen MR) is 513 cm³/mol. The van der Waals surface area contributed by atoms with Crippen LogP contribution >= 0.6 is 0 Å². The average molecular weight is 1940 g/mol. The Morgan fingerprint density at radius 2 is 0.950 bits per heavy atom. The van der Waals surface area contributed by atoms with Gasteiger partial charge in [-0.25, -0.2) is 19.3 Å². The Morgan fingerprint density at radius 3 is 1.51 bits per heavy atom. The number of amides is 9. The normalized spacial score (nSPS) is 11.4. The standard InChI is InChI=1S/C95H127FN20O23/c1-63-52-66(96)53-64(2)84(63)139-77-19-14-65(95(3,4)127)54-71(77)73-60-115(9)94(126)83-72(73)57-74(106-83)88(120)103-67-15-17-70(18-16-67)138-51-50-137-49-48-136-47-46-135-45-44-134-43-42-133-39-37-130-33-29-98-80(117)20-24-102-91(123)86-109-78(61-113(86)7)107-82(119)22-26-101-90(122)76-56-69(59-116(76)30-13-11-12-23-97-28-32-129-36-38-132-41-40-131-35-34-128-10)105-93(125)87-110-79(62-114(87)8)108-81(118)21-25-100-89(121)75-55-68(58-112(75)6)104-92(124)85-99-27-31-111(85)5/h14-19,27,31,52-62,97,106,127H,11-13,20-26,28-30,32-51H2,1-10H3,(H,98,117)(H,100,121)(H,101,122)(H,102,123)(H,103,120)(H,104,124)(H,105,125)(H,107,119)(H,108,118). The van der Waals surface area contributed by atoms with Gasteiger partial charge in [0.25, 0.3) is 41.0 Å². The molecule has 0 aliphatic carbocycles. The van der Waals surface area contributed by atoms with Crippen LogP contribution < -0.4 is 68.2 Å². The third kappa shape index (κ3) is 34.9. The fourth-order valence-electron chi connectivity index (χ4n) is 14.1. The third-order valence-electron chi connectivity index (χ3n) is 21.2. The first-order chi connectivity index (χ1) is 67.0. The highest BCUT2D eigenvalue weighted by molar-refractivity contribution is 6.09. The Kier molecular flexibility index (Phi) is 43.3. The molecule has 0 aliphatic rings. The summed E-state index contributed by atoms with van der Waals surface area (Å²) in [7, 11) is 9.68. The van der Waals surface area contributed by atoms with Crippen LogP contribution in [0.3, 0.4) is 0 Å². The fourth-order valence-corrected chi connectivity index (χ4v) is 14.1. The van der Waals surface area contributed by atoms with Gasteiger partial charge < -0.3 is 148 Å². The van der Waals surface area contributed by atoms with Gasteiger partial charge in [-0.3, -0.25) is 47.9 Å². The molecular formula is C95H127FN20O23. The van der Waals surface area contributed by atoms with Crippen molar-refractivity contribution in [3.05, 3.63) is 184 Å². The van der Waals surface area contributed by atoms with Crippen molar-refractivity contribution in [2.75, 3.05) is 205 Å². The molecule has 44 heteroatoms. The lowest BCUT2D eigenvalue weighted by Crippen LogP contribution is -2.33. The molecule has 0 bridgehead atoms. The van der Waals surface area contributed by atoms with Crippen molar-refractivity contribution < 1.29 is 109 Å². The van der Waals surface area contributed by atoms with Crippen LogP contribution in [0.5, 0.6) is 17.2 Å². The zero-order chi connectivity index (χ0) is 99.6. The molecule has 43 nitrogen and oxygen atoms in total. The third-order valence-corrected chi connectivity index (χ3v) is 21.2. The number of halogens is 1. The largest absolute Gasteiger partial charge is 0.491 e. The van der Waals surface area contributed by atoms with Crippen LogP contribution in [0.25, 0.3) is 22.0 Å². The number of aryl methyl sites for hydroxylation is 8. The maximum absolute atomic E-state index is 14.3. The number of benzene rings is 3. The summed E-state index contributed by atoms with van der Waals surface area (Å²) in [6.45, 7) is 16.3. The summed E-state index contributed by atoms with van der Waals surface area (Å²) < 4.78 is 90.7. The van der Waals surface area contributed by atoms with Crippen LogP contribution in [-0.2, 0) is 109 Å². The Balaban J connectivity index is 0.537. The van der Waals surface area contributed by atoms with E-state index in [1.165, 1.54) is 61.1 Å². The van der Waals surface area contributed by atoms with E-state index in [1.807, 2.05) is 0 Å². The summed E-state index contributed by atoms with van der Waals surface area (Å²) in [5.74, 6) is -3.24. The van der Waals surface area contributed by atoms with Gasteiger partial charge in [-0.1, -0.05) is 12.5 Å².